The summed E-state index contributed by atoms with van der Waals surface area (Å²) >= 11 is 0. The first-order chi connectivity index (χ1) is 13.9. The Bertz CT molecular complexity index is 1030. The Hall–Kier alpha value is -2.62. The highest BCUT2D eigenvalue weighted by Crippen LogP contribution is 2.41. The lowest BCUT2D eigenvalue weighted by molar-refractivity contribution is -0.137. The van der Waals surface area contributed by atoms with E-state index in [2.05, 4.69) is 25.1 Å². The number of alkyl halides is 3. The molecule has 0 spiro atoms. The second-order valence-electron chi connectivity index (χ2n) is 7.65. The molecule has 0 bridgehead atoms. The molecule has 0 heterocycles. The first kappa shape index (κ1) is 19.7. The van der Waals surface area contributed by atoms with Crippen LogP contribution in [-0.4, -0.2) is 0 Å². The Balaban J connectivity index is 1.63. The van der Waals surface area contributed by atoms with Gasteiger partial charge in [0.2, 0.25) is 0 Å². The van der Waals surface area contributed by atoms with E-state index in [1.807, 2.05) is 6.07 Å². The standard InChI is InChI=1S/C25H22F4/c1-2-3-4-5-16-6-11-20-18(14-16)15-23-22(20)13-12-21(24(23)26)17-7-9-19(10-8-17)25(27,28)29/h6-14H,2-5,15H2,1H3. The number of halogens is 4. The van der Waals surface area contributed by atoms with Gasteiger partial charge in [-0.3, -0.25) is 0 Å². The van der Waals surface area contributed by atoms with Crippen LogP contribution in [-0.2, 0) is 19.0 Å². The first-order valence-electron chi connectivity index (χ1n) is 9.99. The molecule has 150 valence electrons. The maximum absolute atomic E-state index is 15.3. The van der Waals surface area contributed by atoms with Crippen LogP contribution in [0.25, 0.3) is 22.3 Å². The van der Waals surface area contributed by atoms with Crippen molar-refractivity contribution in [3.05, 3.63) is 82.7 Å². The Morgan fingerprint density at radius 1 is 0.828 bits per heavy atom. The van der Waals surface area contributed by atoms with Gasteiger partial charge >= 0.3 is 6.18 Å². The minimum absolute atomic E-state index is 0.341. The van der Waals surface area contributed by atoms with Crippen molar-refractivity contribution < 1.29 is 17.6 Å². The summed E-state index contributed by atoms with van der Waals surface area (Å²) in [7, 11) is 0. The van der Waals surface area contributed by atoms with Crippen molar-refractivity contribution in [3.63, 3.8) is 0 Å². The summed E-state index contributed by atoms with van der Waals surface area (Å²) in [4.78, 5) is 0. The summed E-state index contributed by atoms with van der Waals surface area (Å²) < 4.78 is 53.7. The molecule has 0 amide bonds. The molecule has 0 nitrogen and oxygen atoms in total. The average Bonchev–Trinajstić information content (AvgIpc) is 3.07. The minimum atomic E-state index is -4.40. The molecule has 29 heavy (non-hydrogen) atoms. The van der Waals surface area contributed by atoms with E-state index in [0.29, 0.717) is 23.1 Å². The molecule has 3 aromatic rings. The molecule has 0 radical (unpaired) electrons. The molecule has 3 aromatic carbocycles. The zero-order valence-electron chi connectivity index (χ0n) is 16.2. The number of benzene rings is 3. The van der Waals surface area contributed by atoms with Crippen LogP contribution in [0.15, 0.2) is 54.6 Å². The third kappa shape index (κ3) is 3.81. The fraction of sp³-hybridized carbons (Fsp3) is 0.280. The molecule has 4 heteroatoms. The lowest BCUT2D eigenvalue weighted by Gasteiger charge is -2.11. The van der Waals surface area contributed by atoms with E-state index >= 15 is 4.39 Å². The zero-order chi connectivity index (χ0) is 20.6. The lowest BCUT2D eigenvalue weighted by Crippen LogP contribution is -2.04. The smallest absolute Gasteiger partial charge is 0.206 e. The van der Waals surface area contributed by atoms with E-state index < -0.39 is 11.7 Å². The van der Waals surface area contributed by atoms with Gasteiger partial charge in [0.25, 0.3) is 0 Å². The van der Waals surface area contributed by atoms with Crippen LogP contribution in [0.2, 0.25) is 0 Å². The highest BCUT2D eigenvalue weighted by atomic mass is 19.4. The highest BCUT2D eigenvalue weighted by Gasteiger charge is 2.30. The Morgan fingerprint density at radius 2 is 1.52 bits per heavy atom. The van der Waals surface area contributed by atoms with Crippen molar-refractivity contribution in [1.82, 2.24) is 0 Å². The van der Waals surface area contributed by atoms with E-state index in [1.54, 1.807) is 6.07 Å². The van der Waals surface area contributed by atoms with Gasteiger partial charge in [0, 0.05) is 17.5 Å². The number of hydrogen-bond acceptors (Lipinski definition) is 0. The van der Waals surface area contributed by atoms with E-state index in [4.69, 9.17) is 0 Å². The number of unbranched alkanes of at least 4 members (excludes halogenated alkanes) is 2. The Kier molecular flexibility index (Phi) is 5.20. The van der Waals surface area contributed by atoms with Gasteiger partial charge in [-0.05, 0) is 52.8 Å². The first-order valence-corrected chi connectivity index (χ1v) is 9.99. The normalized spacial score (nSPS) is 12.7. The molecule has 0 N–H and O–H groups in total. The van der Waals surface area contributed by atoms with Gasteiger partial charge in [-0.15, -0.1) is 0 Å². The topological polar surface area (TPSA) is 0 Å². The average molecular weight is 398 g/mol. The van der Waals surface area contributed by atoms with Crippen molar-refractivity contribution in [2.24, 2.45) is 0 Å². The lowest BCUT2D eigenvalue weighted by atomic mass is 9.97. The third-order valence-corrected chi connectivity index (χ3v) is 5.66. The van der Waals surface area contributed by atoms with Gasteiger partial charge in [-0.25, -0.2) is 4.39 Å². The molecular formula is C25H22F4. The zero-order valence-corrected chi connectivity index (χ0v) is 16.2. The van der Waals surface area contributed by atoms with Crippen molar-refractivity contribution in [2.75, 3.05) is 0 Å². The van der Waals surface area contributed by atoms with Crippen LogP contribution in [0.3, 0.4) is 0 Å². The van der Waals surface area contributed by atoms with E-state index in [0.717, 1.165) is 41.7 Å². The highest BCUT2D eigenvalue weighted by molar-refractivity contribution is 5.81. The summed E-state index contributed by atoms with van der Waals surface area (Å²) in [6.45, 7) is 2.18. The van der Waals surface area contributed by atoms with Crippen LogP contribution >= 0.6 is 0 Å². The van der Waals surface area contributed by atoms with Gasteiger partial charge in [-0.2, -0.15) is 13.2 Å². The van der Waals surface area contributed by atoms with E-state index in [1.165, 1.54) is 30.5 Å². The fourth-order valence-electron chi connectivity index (χ4n) is 4.09. The van der Waals surface area contributed by atoms with Gasteiger partial charge < -0.3 is 0 Å². The maximum atomic E-state index is 15.3. The molecule has 0 aromatic heterocycles. The summed E-state index contributed by atoms with van der Waals surface area (Å²) in [6, 6.07) is 14.6. The van der Waals surface area contributed by atoms with Crippen molar-refractivity contribution >= 4 is 0 Å². The molecule has 0 atom stereocenters. The second-order valence-corrected chi connectivity index (χ2v) is 7.65. The molecule has 0 unspecified atom stereocenters. The molecule has 0 aliphatic heterocycles. The molecule has 0 saturated heterocycles. The van der Waals surface area contributed by atoms with Crippen molar-refractivity contribution in [1.29, 1.82) is 0 Å². The Morgan fingerprint density at radius 3 is 2.21 bits per heavy atom. The largest absolute Gasteiger partial charge is 0.416 e. The molecule has 0 saturated carbocycles. The van der Waals surface area contributed by atoms with Crippen LogP contribution in [0.1, 0.15) is 48.4 Å². The summed E-state index contributed by atoms with van der Waals surface area (Å²) in [5.41, 5.74) is 5.02. The maximum Gasteiger partial charge on any atom is 0.416 e. The van der Waals surface area contributed by atoms with Gasteiger partial charge in [0.05, 0.1) is 5.56 Å². The van der Waals surface area contributed by atoms with Crippen LogP contribution < -0.4 is 0 Å². The SMILES string of the molecule is CCCCCc1ccc2c(c1)Cc1c-2ccc(-c2ccc(C(F)(F)F)cc2)c1F. The van der Waals surface area contributed by atoms with Gasteiger partial charge in [0.15, 0.2) is 0 Å². The third-order valence-electron chi connectivity index (χ3n) is 5.66. The van der Waals surface area contributed by atoms with E-state index in [9.17, 15) is 13.2 Å². The predicted molar refractivity (Wildman–Crippen MR) is 108 cm³/mol. The monoisotopic (exact) mass is 398 g/mol. The summed E-state index contributed by atoms with van der Waals surface area (Å²) in [6.07, 6.45) is 0.667. The van der Waals surface area contributed by atoms with Crippen LogP contribution in [0.4, 0.5) is 17.6 Å². The molecule has 1 aliphatic carbocycles. The van der Waals surface area contributed by atoms with Crippen molar-refractivity contribution in [3.8, 4) is 22.3 Å². The number of hydrogen-bond donors (Lipinski definition) is 0. The molecule has 4 rings (SSSR count). The number of fused-ring (bicyclic) bond motifs is 3. The van der Waals surface area contributed by atoms with Gasteiger partial charge in [0.1, 0.15) is 5.82 Å². The predicted octanol–water partition coefficient (Wildman–Crippen LogP) is 7.82. The number of aryl methyl sites for hydroxylation is 1. The fourth-order valence-corrected chi connectivity index (χ4v) is 4.09. The minimum Gasteiger partial charge on any atom is -0.206 e. The molecule has 0 fully saturated rings. The van der Waals surface area contributed by atoms with E-state index in [-0.39, 0.29) is 5.82 Å². The van der Waals surface area contributed by atoms with Crippen LogP contribution in [0, 0.1) is 5.82 Å². The summed E-state index contributed by atoms with van der Waals surface area (Å²) in [5.74, 6) is -0.342. The van der Waals surface area contributed by atoms with Crippen molar-refractivity contribution in [2.45, 2.75) is 45.2 Å². The van der Waals surface area contributed by atoms with Crippen LogP contribution in [0.5, 0.6) is 0 Å². The molecule has 1 aliphatic rings. The Labute approximate surface area is 168 Å². The second kappa shape index (κ2) is 7.66. The summed E-state index contributed by atoms with van der Waals surface area (Å²) in [5, 5.41) is 0. The molecular weight excluding hydrogens is 376 g/mol. The quantitative estimate of drug-likeness (QED) is 0.237. The van der Waals surface area contributed by atoms with Gasteiger partial charge in [-0.1, -0.05) is 62.2 Å². The number of rotatable bonds is 5.